The summed E-state index contributed by atoms with van der Waals surface area (Å²) in [5.74, 6) is 0. The molecule has 3 nitrogen and oxygen atoms in total. The molecule has 0 atom stereocenters. The average molecular weight is 260 g/mol. The second kappa shape index (κ2) is 4.01. The molecule has 0 amide bonds. The standard InChI is InChI=1S/C10H18BrN3/c1-7(2)14-9(11)8(12-13-14)6-10(3,4)5/h7H,6H2,1-5H3. The van der Waals surface area contributed by atoms with Gasteiger partial charge in [0.05, 0.1) is 5.69 Å². The predicted octanol–water partition coefficient (Wildman–Crippen LogP) is 3.21. The van der Waals surface area contributed by atoms with Crippen LogP contribution in [-0.4, -0.2) is 15.0 Å². The van der Waals surface area contributed by atoms with Crippen LogP contribution in [-0.2, 0) is 6.42 Å². The van der Waals surface area contributed by atoms with Crippen molar-refractivity contribution < 1.29 is 0 Å². The number of hydrogen-bond donors (Lipinski definition) is 0. The Hall–Kier alpha value is -0.380. The van der Waals surface area contributed by atoms with Crippen molar-refractivity contribution in [1.82, 2.24) is 15.0 Å². The molecule has 1 aromatic heterocycles. The molecule has 80 valence electrons. The molecule has 1 aromatic rings. The molecule has 1 heterocycles. The summed E-state index contributed by atoms with van der Waals surface area (Å²) >= 11 is 3.54. The topological polar surface area (TPSA) is 30.7 Å². The smallest absolute Gasteiger partial charge is 0.127 e. The third-order valence-electron chi connectivity index (χ3n) is 1.89. The van der Waals surface area contributed by atoms with Crippen LogP contribution in [0, 0.1) is 5.41 Å². The van der Waals surface area contributed by atoms with Gasteiger partial charge >= 0.3 is 0 Å². The van der Waals surface area contributed by atoms with E-state index in [1.54, 1.807) is 0 Å². The molecule has 0 radical (unpaired) electrons. The van der Waals surface area contributed by atoms with Gasteiger partial charge in [-0.25, -0.2) is 4.68 Å². The van der Waals surface area contributed by atoms with Crippen LogP contribution in [0.3, 0.4) is 0 Å². The molecule has 0 unspecified atom stereocenters. The molecule has 0 spiro atoms. The number of nitrogens with zero attached hydrogens (tertiary/aromatic N) is 3. The Kier molecular flexibility index (Phi) is 3.35. The van der Waals surface area contributed by atoms with Gasteiger partial charge in [-0.1, -0.05) is 26.0 Å². The first kappa shape index (κ1) is 11.7. The highest BCUT2D eigenvalue weighted by Gasteiger charge is 2.18. The van der Waals surface area contributed by atoms with Gasteiger partial charge in [0.15, 0.2) is 0 Å². The van der Waals surface area contributed by atoms with Gasteiger partial charge in [-0.05, 0) is 41.6 Å². The minimum Gasteiger partial charge on any atom is -0.235 e. The highest BCUT2D eigenvalue weighted by atomic mass is 79.9. The Balaban J connectivity index is 2.91. The van der Waals surface area contributed by atoms with Gasteiger partial charge < -0.3 is 0 Å². The van der Waals surface area contributed by atoms with Crippen molar-refractivity contribution >= 4 is 15.9 Å². The highest BCUT2D eigenvalue weighted by Crippen LogP contribution is 2.25. The fraction of sp³-hybridized carbons (Fsp3) is 0.800. The molecule has 0 saturated heterocycles. The van der Waals surface area contributed by atoms with E-state index < -0.39 is 0 Å². The van der Waals surface area contributed by atoms with Gasteiger partial charge in [0.2, 0.25) is 0 Å². The van der Waals surface area contributed by atoms with Crippen molar-refractivity contribution in [3.05, 3.63) is 10.3 Å². The summed E-state index contributed by atoms with van der Waals surface area (Å²) in [6.45, 7) is 10.8. The summed E-state index contributed by atoms with van der Waals surface area (Å²) in [5.41, 5.74) is 1.30. The second-order valence-electron chi connectivity index (χ2n) is 5.10. The zero-order valence-corrected chi connectivity index (χ0v) is 11.1. The van der Waals surface area contributed by atoms with Crippen molar-refractivity contribution in [2.75, 3.05) is 0 Å². The van der Waals surface area contributed by atoms with Gasteiger partial charge in [-0.3, -0.25) is 0 Å². The van der Waals surface area contributed by atoms with Crippen molar-refractivity contribution in [3.8, 4) is 0 Å². The molecule has 0 aliphatic rings. The maximum absolute atomic E-state index is 4.19. The summed E-state index contributed by atoms with van der Waals surface area (Å²) in [6, 6.07) is 0.352. The van der Waals surface area contributed by atoms with E-state index in [1.807, 2.05) is 4.68 Å². The van der Waals surface area contributed by atoms with Crippen LogP contribution in [0.5, 0.6) is 0 Å². The van der Waals surface area contributed by atoms with E-state index in [4.69, 9.17) is 0 Å². The van der Waals surface area contributed by atoms with Crippen LogP contribution < -0.4 is 0 Å². The third kappa shape index (κ3) is 2.80. The predicted molar refractivity (Wildman–Crippen MR) is 61.3 cm³/mol. The molecule has 0 aliphatic heterocycles. The van der Waals surface area contributed by atoms with Crippen LogP contribution in [0.25, 0.3) is 0 Å². The first-order valence-corrected chi connectivity index (χ1v) is 5.70. The Bertz CT molecular complexity index is 310. The van der Waals surface area contributed by atoms with E-state index in [2.05, 4.69) is 60.9 Å². The fourth-order valence-electron chi connectivity index (χ4n) is 1.26. The molecule has 0 aliphatic carbocycles. The quantitative estimate of drug-likeness (QED) is 0.817. The normalized spacial score (nSPS) is 12.5. The summed E-state index contributed by atoms with van der Waals surface area (Å²) in [7, 11) is 0. The van der Waals surface area contributed by atoms with Crippen LogP contribution in [0.15, 0.2) is 4.60 Å². The molecule has 0 aromatic carbocycles. The molecular weight excluding hydrogens is 242 g/mol. The number of rotatable bonds is 2. The Labute approximate surface area is 94.0 Å². The van der Waals surface area contributed by atoms with Gasteiger partial charge in [-0.15, -0.1) is 5.10 Å². The number of aromatic nitrogens is 3. The molecule has 14 heavy (non-hydrogen) atoms. The van der Waals surface area contributed by atoms with Crippen LogP contribution in [0.2, 0.25) is 0 Å². The van der Waals surface area contributed by atoms with Crippen molar-refractivity contribution in [2.24, 2.45) is 5.41 Å². The van der Waals surface area contributed by atoms with E-state index in [0.29, 0.717) is 6.04 Å². The highest BCUT2D eigenvalue weighted by molar-refractivity contribution is 9.10. The van der Waals surface area contributed by atoms with E-state index in [1.165, 1.54) is 0 Å². The van der Waals surface area contributed by atoms with Crippen molar-refractivity contribution in [2.45, 2.75) is 47.1 Å². The van der Waals surface area contributed by atoms with E-state index in [0.717, 1.165) is 16.7 Å². The summed E-state index contributed by atoms with van der Waals surface area (Å²) in [5, 5.41) is 8.31. The van der Waals surface area contributed by atoms with Crippen LogP contribution in [0.1, 0.15) is 46.4 Å². The van der Waals surface area contributed by atoms with E-state index >= 15 is 0 Å². The van der Waals surface area contributed by atoms with Crippen LogP contribution >= 0.6 is 15.9 Å². The Morgan fingerprint density at radius 2 is 1.93 bits per heavy atom. The molecular formula is C10H18BrN3. The Morgan fingerprint density at radius 3 is 2.29 bits per heavy atom. The zero-order valence-electron chi connectivity index (χ0n) is 9.50. The minimum absolute atomic E-state index is 0.250. The average Bonchev–Trinajstić information content (AvgIpc) is 2.29. The number of hydrogen-bond acceptors (Lipinski definition) is 2. The molecule has 0 bridgehead atoms. The lowest BCUT2D eigenvalue weighted by Gasteiger charge is -2.16. The first-order chi connectivity index (χ1) is 6.31. The first-order valence-electron chi connectivity index (χ1n) is 4.91. The van der Waals surface area contributed by atoms with Gasteiger partial charge in [-0.2, -0.15) is 0 Å². The van der Waals surface area contributed by atoms with Gasteiger partial charge in [0.25, 0.3) is 0 Å². The summed E-state index contributed by atoms with van der Waals surface area (Å²) < 4.78 is 2.92. The lowest BCUT2D eigenvalue weighted by Crippen LogP contribution is -2.10. The molecule has 1 rings (SSSR count). The van der Waals surface area contributed by atoms with Crippen LogP contribution in [0.4, 0.5) is 0 Å². The molecule has 0 N–H and O–H groups in total. The maximum atomic E-state index is 4.19. The summed E-state index contributed by atoms with van der Waals surface area (Å²) in [4.78, 5) is 0. The minimum atomic E-state index is 0.250. The fourth-order valence-corrected chi connectivity index (χ4v) is 1.96. The van der Waals surface area contributed by atoms with E-state index in [9.17, 15) is 0 Å². The van der Waals surface area contributed by atoms with Gasteiger partial charge in [0.1, 0.15) is 4.60 Å². The lowest BCUT2D eigenvalue weighted by atomic mass is 9.91. The largest absolute Gasteiger partial charge is 0.235 e. The molecule has 0 saturated carbocycles. The number of halogens is 1. The molecule has 4 heteroatoms. The third-order valence-corrected chi connectivity index (χ3v) is 2.71. The molecule has 0 fully saturated rings. The van der Waals surface area contributed by atoms with E-state index in [-0.39, 0.29) is 5.41 Å². The second-order valence-corrected chi connectivity index (χ2v) is 5.85. The Morgan fingerprint density at radius 1 is 1.36 bits per heavy atom. The monoisotopic (exact) mass is 259 g/mol. The SMILES string of the molecule is CC(C)n1nnc(CC(C)(C)C)c1Br. The summed E-state index contributed by atoms with van der Waals surface area (Å²) in [6.07, 6.45) is 0.945. The van der Waals surface area contributed by atoms with Crippen molar-refractivity contribution in [1.29, 1.82) is 0 Å². The van der Waals surface area contributed by atoms with Gasteiger partial charge in [0, 0.05) is 6.04 Å². The zero-order chi connectivity index (χ0) is 10.9. The van der Waals surface area contributed by atoms with Crippen molar-refractivity contribution in [3.63, 3.8) is 0 Å². The maximum Gasteiger partial charge on any atom is 0.127 e. The lowest BCUT2D eigenvalue weighted by molar-refractivity contribution is 0.405.